The maximum Gasteiger partial charge on any atom is 0.264 e. The molecule has 0 saturated carbocycles. The van der Waals surface area contributed by atoms with Gasteiger partial charge < -0.3 is 15.0 Å². The Labute approximate surface area is 290 Å². The molecule has 47 heavy (non-hydrogen) atoms. The Morgan fingerprint density at radius 1 is 0.894 bits per heavy atom. The standard InChI is InChI=1S/C36H39BrClN3O5S/c1-3-5-22-39-36(43)34(24-27-10-7-6-8-11-27)40(25-28-12-9-13-30(38)23-28)35(42)26-41(31-16-18-32(19-17-31)46-4-2)47(44,45)33-20-14-29(37)15-21-33/h6-21,23,34H,3-5,22,24-26H2,1-2H3,(H,39,43)/t34-/m0/s1. The van der Waals surface area contributed by atoms with Crippen LogP contribution in [-0.4, -0.2) is 50.9 Å². The van der Waals surface area contributed by atoms with E-state index in [2.05, 4.69) is 21.2 Å². The van der Waals surface area contributed by atoms with Crippen LogP contribution in [0.4, 0.5) is 5.69 Å². The van der Waals surface area contributed by atoms with Crippen LogP contribution in [0.25, 0.3) is 0 Å². The van der Waals surface area contributed by atoms with Crippen molar-refractivity contribution in [2.45, 2.75) is 50.6 Å². The molecule has 1 atom stereocenters. The normalized spacial score (nSPS) is 11.8. The highest BCUT2D eigenvalue weighted by Gasteiger charge is 2.34. The molecular formula is C36H39BrClN3O5S. The van der Waals surface area contributed by atoms with E-state index in [-0.39, 0.29) is 29.5 Å². The van der Waals surface area contributed by atoms with Gasteiger partial charge in [0.05, 0.1) is 17.2 Å². The Bertz CT molecular complexity index is 1720. The fourth-order valence-electron chi connectivity index (χ4n) is 5.03. The Kier molecular flexibility index (Phi) is 13.3. The summed E-state index contributed by atoms with van der Waals surface area (Å²) in [5.41, 5.74) is 1.84. The summed E-state index contributed by atoms with van der Waals surface area (Å²) in [5, 5.41) is 3.47. The lowest BCUT2D eigenvalue weighted by Crippen LogP contribution is -2.53. The predicted molar refractivity (Wildman–Crippen MR) is 190 cm³/mol. The second-order valence-electron chi connectivity index (χ2n) is 10.9. The molecule has 4 rings (SSSR count). The van der Waals surface area contributed by atoms with Gasteiger partial charge in [-0.1, -0.05) is 83.3 Å². The predicted octanol–water partition coefficient (Wildman–Crippen LogP) is 7.25. The molecule has 248 valence electrons. The van der Waals surface area contributed by atoms with Crippen LogP contribution >= 0.6 is 27.5 Å². The van der Waals surface area contributed by atoms with Gasteiger partial charge in [-0.05, 0) is 85.1 Å². The van der Waals surface area contributed by atoms with Crippen molar-refractivity contribution in [2.24, 2.45) is 0 Å². The lowest BCUT2D eigenvalue weighted by molar-refractivity contribution is -0.140. The van der Waals surface area contributed by atoms with Crippen LogP contribution in [0.3, 0.4) is 0 Å². The number of sulfonamides is 1. The summed E-state index contributed by atoms with van der Waals surface area (Å²) in [4.78, 5) is 29.9. The highest BCUT2D eigenvalue weighted by molar-refractivity contribution is 9.10. The molecule has 0 bridgehead atoms. The molecule has 0 aliphatic heterocycles. The minimum absolute atomic E-state index is 0.0157. The van der Waals surface area contributed by atoms with Crippen molar-refractivity contribution in [1.82, 2.24) is 10.2 Å². The molecule has 0 radical (unpaired) electrons. The molecule has 0 unspecified atom stereocenters. The zero-order chi connectivity index (χ0) is 33.8. The number of carbonyl (C=O) groups excluding carboxylic acids is 2. The van der Waals surface area contributed by atoms with E-state index < -0.39 is 28.5 Å². The number of ether oxygens (including phenoxy) is 1. The lowest BCUT2D eigenvalue weighted by atomic mass is 10.0. The number of carbonyl (C=O) groups is 2. The van der Waals surface area contributed by atoms with E-state index in [0.29, 0.717) is 34.0 Å². The molecule has 0 aliphatic carbocycles. The van der Waals surface area contributed by atoms with Gasteiger partial charge in [-0.3, -0.25) is 13.9 Å². The van der Waals surface area contributed by atoms with Gasteiger partial charge in [-0.15, -0.1) is 0 Å². The van der Waals surface area contributed by atoms with Crippen LogP contribution in [-0.2, 0) is 32.6 Å². The largest absolute Gasteiger partial charge is 0.494 e. The van der Waals surface area contributed by atoms with Crippen molar-refractivity contribution in [3.63, 3.8) is 0 Å². The van der Waals surface area contributed by atoms with Crippen LogP contribution in [0.15, 0.2) is 112 Å². The molecule has 11 heteroatoms. The number of hydrogen-bond donors (Lipinski definition) is 1. The third-order valence-electron chi connectivity index (χ3n) is 7.46. The van der Waals surface area contributed by atoms with E-state index in [1.165, 1.54) is 17.0 Å². The number of amides is 2. The summed E-state index contributed by atoms with van der Waals surface area (Å²) in [6.07, 6.45) is 1.90. The summed E-state index contributed by atoms with van der Waals surface area (Å²) in [7, 11) is -4.22. The van der Waals surface area contributed by atoms with Gasteiger partial charge in [-0.25, -0.2) is 8.42 Å². The second kappa shape index (κ2) is 17.3. The highest BCUT2D eigenvalue weighted by Crippen LogP contribution is 2.28. The van der Waals surface area contributed by atoms with Crippen molar-refractivity contribution >= 4 is 55.1 Å². The number of nitrogens with one attached hydrogen (secondary N) is 1. The molecule has 0 spiro atoms. The Hall–Kier alpha value is -3.86. The van der Waals surface area contributed by atoms with E-state index in [4.69, 9.17) is 16.3 Å². The van der Waals surface area contributed by atoms with Crippen LogP contribution < -0.4 is 14.4 Å². The van der Waals surface area contributed by atoms with Crippen molar-refractivity contribution < 1.29 is 22.7 Å². The van der Waals surface area contributed by atoms with E-state index in [1.807, 2.05) is 50.2 Å². The first-order chi connectivity index (χ1) is 22.6. The minimum Gasteiger partial charge on any atom is -0.494 e. The Morgan fingerprint density at radius 3 is 2.21 bits per heavy atom. The van der Waals surface area contributed by atoms with Crippen molar-refractivity contribution in [1.29, 1.82) is 0 Å². The minimum atomic E-state index is -4.22. The first-order valence-corrected chi connectivity index (χ1v) is 18.1. The number of hydrogen-bond acceptors (Lipinski definition) is 5. The molecule has 0 aromatic heterocycles. The molecule has 0 heterocycles. The van der Waals surface area contributed by atoms with E-state index in [1.54, 1.807) is 54.6 Å². The van der Waals surface area contributed by atoms with Gasteiger partial charge in [0.2, 0.25) is 11.8 Å². The van der Waals surface area contributed by atoms with Crippen molar-refractivity contribution in [3.05, 3.63) is 124 Å². The molecule has 4 aromatic carbocycles. The van der Waals surface area contributed by atoms with Crippen LogP contribution in [0.1, 0.15) is 37.8 Å². The maximum atomic E-state index is 14.6. The van der Waals surface area contributed by atoms with Crippen molar-refractivity contribution in [3.8, 4) is 5.75 Å². The van der Waals surface area contributed by atoms with Gasteiger partial charge in [0, 0.05) is 29.0 Å². The van der Waals surface area contributed by atoms with Crippen LogP contribution in [0, 0.1) is 0 Å². The topological polar surface area (TPSA) is 96.0 Å². The van der Waals surface area contributed by atoms with Gasteiger partial charge in [0.1, 0.15) is 18.3 Å². The zero-order valence-electron chi connectivity index (χ0n) is 26.4. The molecule has 4 aromatic rings. The monoisotopic (exact) mass is 739 g/mol. The number of benzene rings is 4. The SMILES string of the molecule is CCCCNC(=O)[C@H](Cc1ccccc1)N(Cc1cccc(Cl)c1)C(=O)CN(c1ccc(OCC)cc1)S(=O)(=O)c1ccc(Br)cc1. The number of rotatable bonds is 16. The fraction of sp³-hybridized carbons (Fsp3) is 0.278. The average Bonchev–Trinajstić information content (AvgIpc) is 3.06. The average molecular weight is 741 g/mol. The molecule has 0 fully saturated rings. The van der Waals surface area contributed by atoms with Crippen LogP contribution in [0.5, 0.6) is 5.75 Å². The molecule has 0 saturated heterocycles. The Balaban J connectivity index is 1.79. The molecule has 2 amide bonds. The summed E-state index contributed by atoms with van der Waals surface area (Å²) in [6.45, 7) is 4.27. The van der Waals surface area contributed by atoms with Crippen LogP contribution in [0.2, 0.25) is 5.02 Å². The molecular weight excluding hydrogens is 702 g/mol. The van der Waals surface area contributed by atoms with E-state index in [0.717, 1.165) is 22.7 Å². The van der Waals surface area contributed by atoms with Gasteiger partial charge in [-0.2, -0.15) is 0 Å². The van der Waals surface area contributed by atoms with Crippen molar-refractivity contribution in [2.75, 3.05) is 24.0 Å². The van der Waals surface area contributed by atoms with E-state index in [9.17, 15) is 18.0 Å². The third-order valence-corrected chi connectivity index (χ3v) is 10.0. The molecule has 0 aliphatic rings. The highest BCUT2D eigenvalue weighted by atomic mass is 79.9. The number of halogens is 2. The maximum absolute atomic E-state index is 14.6. The quantitative estimate of drug-likeness (QED) is 0.122. The summed E-state index contributed by atoms with van der Waals surface area (Å²) in [6, 6.07) is 28.3. The zero-order valence-corrected chi connectivity index (χ0v) is 29.6. The summed E-state index contributed by atoms with van der Waals surface area (Å²) in [5.74, 6) is -0.301. The summed E-state index contributed by atoms with van der Waals surface area (Å²) < 4.78 is 35.8. The Morgan fingerprint density at radius 2 is 1.57 bits per heavy atom. The van der Waals surface area contributed by atoms with Gasteiger partial charge >= 0.3 is 0 Å². The number of anilines is 1. The molecule has 8 nitrogen and oxygen atoms in total. The summed E-state index contributed by atoms with van der Waals surface area (Å²) >= 11 is 9.68. The smallest absolute Gasteiger partial charge is 0.264 e. The first kappa shape index (κ1) is 36.0. The number of unbranched alkanes of at least 4 members (excludes halogenated alkanes) is 1. The lowest BCUT2D eigenvalue weighted by Gasteiger charge is -2.34. The van der Waals surface area contributed by atoms with Gasteiger partial charge in [0.25, 0.3) is 10.0 Å². The van der Waals surface area contributed by atoms with E-state index >= 15 is 0 Å². The second-order valence-corrected chi connectivity index (χ2v) is 14.1. The van der Waals surface area contributed by atoms with Gasteiger partial charge in [0.15, 0.2) is 0 Å². The molecule has 1 N–H and O–H groups in total. The fourth-order valence-corrected chi connectivity index (χ4v) is 6.92. The number of nitrogens with zero attached hydrogens (tertiary/aromatic N) is 2. The first-order valence-electron chi connectivity index (χ1n) is 15.5. The third kappa shape index (κ3) is 10.1.